The molecule has 0 amide bonds. The van der Waals surface area contributed by atoms with Crippen LogP contribution in [0.2, 0.25) is 0 Å². The summed E-state index contributed by atoms with van der Waals surface area (Å²) < 4.78 is 17.3. The maximum absolute atomic E-state index is 12.1. The van der Waals surface area contributed by atoms with Crippen molar-refractivity contribution in [2.24, 2.45) is 17.8 Å². The molecule has 0 N–H and O–H groups in total. The van der Waals surface area contributed by atoms with Gasteiger partial charge in [-0.3, -0.25) is 9.36 Å². The van der Waals surface area contributed by atoms with E-state index >= 15 is 0 Å². The second-order valence-corrected chi connectivity index (χ2v) is 7.82. The minimum Gasteiger partial charge on any atom is -0.412 e. The highest BCUT2D eigenvalue weighted by molar-refractivity contribution is 7.59. The highest BCUT2D eigenvalue weighted by atomic mass is 31.2. The zero-order valence-electron chi connectivity index (χ0n) is 9.89. The van der Waals surface area contributed by atoms with Gasteiger partial charge in [0.1, 0.15) is 0 Å². The molecule has 1 saturated carbocycles. The van der Waals surface area contributed by atoms with Crippen molar-refractivity contribution in [2.45, 2.75) is 26.7 Å². The monoisotopic (exact) mass is 242 g/mol. The summed E-state index contributed by atoms with van der Waals surface area (Å²) in [5, 5.41) is 0. The number of hydrogen-bond donors (Lipinski definition) is 0. The number of allylic oxidation sites excluding steroid dienone is 2. The Kier molecular flexibility index (Phi) is 3.25. The van der Waals surface area contributed by atoms with Gasteiger partial charge in [0.2, 0.25) is 7.37 Å². The largest absolute Gasteiger partial charge is 0.412 e. The third-order valence-electron chi connectivity index (χ3n) is 3.80. The lowest BCUT2D eigenvalue weighted by molar-refractivity contribution is -0.139. The van der Waals surface area contributed by atoms with Crippen LogP contribution >= 0.6 is 7.37 Å². The molecule has 2 aliphatic rings. The van der Waals surface area contributed by atoms with E-state index in [-0.39, 0.29) is 11.9 Å². The van der Waals surface area contributed by atoms with Crippen LogP contribution in [-0.4, -0.2) is 18.3 Å². The molecule has 3 nitrogen and oxygen atoms in total. The first-order chi connectivity index (χ1) is 7.58. The Bertz CT molecular complexity index is 353. The Morgan fingerprint density at radius 1 is 1.31 bits per heavy atom. The number of hydrogen-bond acceptors (Lipinski definition) is 3. The van der Waals surface area contributed by atoms with E-state index in [9.17, 15) is 9.36 Å². The molecule has 0 radical (unpaired) electrons. The van der Waals surface area contributed by atoms with Gasteiger partial charge in [-0.1, -0.05) is 26.0 Å². The van der Waals surface area contributed by atoms with E-state index in [4.69, 9.17) is 4.52 Å². The van der Waals surface area contributed by atoms with Gasteiger partial charge in [0.05, 0.1) is 5.92 Å². The molecule has 2 rings (SSSR count). The van der Waals surface area contributed by atoms with Gasteiger partial charge < -0.3 is 4.52 Å². The number of carbonyl (C=O) groups excluding carboxylic acids is 1. The summed E-state index contributed by atoms with van der Waals surface area (Å²) in [5.41, 5.74) is 0. The van der Waals surface area contributed by atoms with Gasteiger partial charge in [-0.25, -0.2) is 0 Å². The molecule has 0 aromatic rings. The maximum Gasteiger partial charge on any atom is 0.314 e. The van der Waals surface area contributed by atoms with E-state index in [0.29, 0.717) is 24.2 Å². The lowest BCUT2D eigenvalue weighted by Gasteiger charge is -2.21. The zero-order chi connectivity index (χ0) is 11.8. The van der Waals surface area contributed by atoms with Crippen LogP contribution in [0.3, 0.4) is 0 Å². The van der Waals surface area contributed by atoms with Crippen LogP contribution < -0.4 is 0 Å². The Hall–Kier alpha value is -0.560. The van der Waals surface area contributed by atoms with Crippen LogP contribution in [0, 0.1) is 17.8 Å². The van der Waals surface area contributed by atoms with Gasteiger partial charge in [-0.2, -0.15) is 0 Å². The average Bonchev–Trinajstić information content (AvgIpc) is 2.90. The van der Waals surface area contributed by atoms with Crippen molar-refractivity contribution in [3.63, 3.8) is 0 Å². The molecule has 0 aromatic heterocycles. The van der Waals surface area contributed by atoms with Crippen LogP contribution in [0.25, 0.3) is 0 Å². The Morgan fingerprint density at radius 3 is 2.44 bits per heavy atom. The topological polar surface area (TPSA) is 43.4 Å². The van der Waals surface area contributed by atoms with Crippen molar-refractivity contribution < 1.29 is 13.9 Å². The zero-order valence-corrected chi connectivity index (χ0v) is 10.8. The summed E-state index contributed by atoms with van der Waals surface area (Å²) in [5.74, 6) is 0.607. The summed E-state index contributed by atoms with van der Waals surface area (Å²) in [4.78, 5) is 11.9. The van der Waals surface area contributed by atoms with Gasteiger partial charge in [0.15, 0.2) is 0 Å². The lowest BCUT2D eigenvalue weighted by atomic mass is 9.94. The minimum absolute atomic E-state index is 0.0403. The van der Waals surface area contributed by atoms with Gasteiger partial charge in [0, 0.05) is 12.3 Å². The van der Waals surface area contributed by atoms with E-state index in [2.05, 4.69) is 12.2 Å². The SMILES string of the molecule is CCP(=O)(CC)OC(=O)C1CC2C=CC1C2. The first-order valence-electron chi connectivity index (χ1n) is 6.08. The van der Waals surface area contributed by atoms with Crippen LogP contribution in [0.5, 0.6) is 0 Å². The van der Waals surface area contributed by atoms with Crippen LogP contribution in [0.4, 0.5) is 0 Å². The summed E-state index contributed by atoms with van der Waals surface area (Å²) in [6.45, 7) is 3.64. The fourth-order valence-electron chi connectivity index (χ4n) is 2.64. The summed E-state index contributed by atoms with van der Waals surface area (Å²) in [6.07, 6.45) is 7.16. The third-order valence-corrected chi connectivity index (χ3v) is 6.24. The van der Waals surface area contributed by atoms with Crippen LogP contribution in [0.15, 0.2) is 12.2 Å². The number of fused-ring (bicyclic) bond motifs is 2. The standard InChI is InChI=1S/C12H19O3P/c1-3-16(14,4-2)15-12(13)11-8-9-5-6-10(11)7-9/h5-6,9-11H,3-4,7-8H2,1-2H3. The predicted octanol–water partition coefficient (Wildman–Crippen LogP) is 3.06. The summed E-state index contributed by atoms with van der Waals surface area (Å²) in [7, 11) is -2.69. The van der Waals surface area contributed by atoms with E-state index < -0.39 is 7.37 Å². The van der Waals surface area contributed by atoms with E-state index in [1.54, 1.807) is 0 Å². The Balaban J connectivity index is 1.99. The molecule has 90 valence electrons. The van der Waals surface area contributed by atoms with E-state index in [1.807, 2.05) is 13.8 Å². The fraction of sp³-hybridized carbons (Fsp3) is 0.750. The molecular formula is C12H19O3P. The van der Waals surface area contributed by atoms with Crippen LogP contribution in [-0.2, 0) is 13.9 Å². The van der Waals surface area contributed by atoms with Crippen molar-refractivity contribution in [1.29, 1.82) is 0 Å². The molecule has 2 bridgehead atoms. The summed E-state index contributed by atoms with van der Waals surface area (Å²) >= 11 is 0. The summed E-state index contributed by atoms with van der Waals surface area (Å²) in [6, 6.07) is 0. The minimum atomic E-state index is -2.69. The second kappa shape index (κ2) is 4.37. The molecule has 0 aliphatic heterocycles. The number of carbonyl (C=O) groups is 1. The lowest BCUT2D eigenvalue weighted by Crippen LogP contribution is -2.21. The molecule has 16 heavy (non-hydrogen) atoms. The molecule has 0 spiro atoms. The first kappa shape index (κ1) is 11.9. The van der Waals surface area contributed by atoms with Crippen molar-refractivity contribution in [3.05, 3.63) is 12.2 Å². The normalized spacial score (nSPS) is 32.0. The Morgan fingerprint density at radius 2 is 2.00 bits per heavy atom. The van der Waals surface area contributed by atoms with E-state index in [1.165, 1.54) is 0 Å². The molecule has 3 atom stereocenters. The van der Waals surface area contributed by atoms with Gasteiger partial charge in [0.25, 0.3) is 0 Å². The fourth-order valence-corrected chi connectivity index (χ4v) is 3.80. The maximum atomic E-state index is 12.1. The van der Waals surface area contributed by atoms with Crippen molar-refractivity contribution >= 4 is 13.3 Å². The van der Waals surface area contributed by atoms with Crippen molar-refractivity contribution in [2.75, 3.05) is 12.3 Å². The third kappa shape index (κ3) is 2.10. The van der Waals surface area contributed by atoms with Crippen molar-refractivity contribution in [1.82, 2.24) is 0 Å². The quantitative estimate of drug-likeness (QED) is 0.562. The van der Waals surface area contributed by atoms with Crippen molar-refractivity contribution in [3.8, 4) is 0 Å². The molecule has 2 aliphatic carbocycles. The molecule has 3 unspecified atom stereocenters. The highest BCUT2D eigenvalue weighted by Gasteiger charge is 2.42. The molecular weight excluding hydrogens is 223 g/mol. The van der Waals surface area contributed by atoms with Crippen LogP contribution in [0.1, 0.15) is 26.7 Å². The average molecular weight is 242 g/mol. The second-order valence-electron chi connectivity index (χ2n) is 4.74. The molecule has 0 heterocycles. The predicted molar refractivity (Wildman–Crippen MR) is 63.6 cm³/mol. The van der Waals surface area contributed by atoms with Gasteiger partial charge in [-0.15, -0.1) is 0 Å². The smallest absolute Gasteiger partial charge is 0.314 e. The van der Waals surface area contributed by atoms with Gasteiger partial charge >= 0.3 is 5.97 Å². The van der Waals surface area contributed by atoms with E-state index in [0.717, 1.165) is 12.8 Å². The molecule has 0 aromatic carbocycles. The Labute approximate surface area is 96.7 Å². The molecule has 1 fully saturated rings. The molecule has 0 saturated heterocycles. The first-order valence-corrected chi connectivity index (χ1v) is 8.07. The van der Waals surface area contributed by atoms with Gasteiger partial charge in [-0.05, 0) is 24.7 Å². The number of rotatable bonds is 4. The molecule has 4 heteroatoms. The highest BCUT2D eigenvalue weighted by Crippen LogP contribution is 2.50.